The van der Waals surface area contributed by atoms with Crippen molar-refractivity contribution < 1.29 is 14.5 Å². The number of nitro benzene ring substituents is 1. The fraction of sp³-hybridized carbons (Fsp3) is 0.214. The number of carbonyl (C=O) groups is 2. The van der Waals surface area contributed by atoms with E-state index in [2.05, 4.69) is 4.98 Å². The number of piperazine rings is 1. The number of nitrogens with zero attached hydrogens (tertiary/aromatic N) is 3. The van der Waals surface area contributed by atoms with Gasteiger partial charge < -0.3 is 14.8 Å². The summed E-state index contributed by atoms with van der Waals surface area (Å²) in [4.78, 5) is 45.2. The zero-order chi connectivity index (χ0) is 25.0. The van der Waals surface area contributed by atoms with Crippen LogP contribution < -0.4 is 0 Å². The quantitative estimate of drug-likeness (QED) is 0.348. The SMILES string of the molecule is Cc1ccc(CN2CC(=O)N3[C@@H](c4cccc([N+](=O)[O-])c4)c4[nH]c5ccccc5c4C[C@H]3C2=O)cc1. The van der Waals surface area contributed by atoms with Crippen molar-refractivity contribution >= 4 is 28.4 Å². The molecule has 2 amide bonds. The van der Waals surface area contributed by atoms with Crippen LogP contribution in [-0.2, 0) is 22.6 Å². The molecule has 0 bridgehead atoms. The van der Waals surface area contributed by atoms with Gasteiger partial charge in [-0.05, 0) is 29.7 Å². The molecular formula is C28H24N4O4. The van der Waals surface area contributed by atoms with Crippen molar-refractivity contribution in [3.8, 4) is 0 Å². The Labute approximate surface area is 207 Å². The maximum absolute atomic E-state index is 13.8. The van der Waals surface area contributed by atoms with Crippen LogP contribution in [0.1, 0.15) is 34.0 Å². The highest BCUT2D eigenvalue weighted by molar-refractivity contribution is 5.97. The van der Waals surface area contributed by atoms with Crippen LogP contribution in [0, 0.1) is 17.0 Å². The first kappa shape index (κ1) is 22.0. The van der Waals surface area contributed by atoms with Crippen molar-refractivity contribution in [2.75, 3.05) is 6.54 Å². The van der Waals surface area contributed by atoms with Gasteiger partial charge in [-0.1, -0.05) is 60.2 Å². The van der Waals surface area contributed by atoms with E-state index in [1.807, 2.05) is 55.5 Å². The third-order valence-corrected chi connectivity index (χ3v) is 7.23. The number of fused-ring (bicyclic) bond motifs is 4. The average molecular weight is 481 g/mol. The molecular weight excluding hydrogens is 456 g/mol. The summed E-state index contributed by atoms with van der Waals surface area (Å²) >= 11 is 0. The Morgan fingerprint density at radius 1 is 1.03 bits per heavy atom. The number of nitrogens with one attached hydrogen (secondary N) is 1. The number of non-ortho nitro benzene ring substituents is 1. The Morgan fingerprint density at radius 3 is 2.58 bits per heavy atom. The van der Waals surface area contributed by atoms with E-state index in [4.69, 9.17) is 0 Å². The van der Waals surface area contributed by atoms with Gasteiger partial charge in [0.1, 0.15) is 12.6 Å². The first-order chi connectivity index (χ1) is 17.4. The van der Waals surface area contributed by atoms with Gasteiger partial charge in [0, 0.05) is 41.7 Å². The molecule has 0 saturated carbocycles. The van der Waals surface area contributed by atoms with E-state index < -0.39 is 17.0 Å². The predicted molar refractivity (Wildman–Crippen MR) is 134 cm³/mol. The first-order valence-electron chi connectivity index (χ1n) is 11.9. The van der Waals surface area contributed by atoms with Crippen LogP contribution in [0.25, 0.3) is 10.9 Å². The Bertz CT molecular complexity index is 1520. The largest absolute Gasteiger partial charge is 0.356 e. The van der Waals surface area contributed by atoms with E-state index in [1.165, 1.54) is 12.1 Å². The predicted octanol–water partition coefficient (Wildman–Crippen LogP) is 4.27. The van der Waals surface area contributed by atoms with Crippen molar-refractivity contribution in [2.24, 2.45) is 0 Å². The molecule has 1 N–H and O–H groups in total. The molecule has 0 spiro atoms. The third kappa shape index (κ3) is 3.53. The van der Waals surface area contributed by atoms with Gasteiger partial charge >= 0.3 is 0 Å². The van der Waals surface area contributed by atoms with Gasteiger partial charge in [-0.25, -0.2) is 0 Å². The Kier molecular flexibility index (Phi) is 5.10. The van der Waals surface area contributed by atoms with Crippen LogP contribution in [0.5, 0.6) is 0 Å². The van der Waals surface area contributed by atoms with E-state index >= 15 is 0 Å². The number of aromatic nitrogens is 1. The maximum Gasteiger partial charge on any atom is 0.269 e. The van der Waals surface area contributed by atoms with E-state index in [9.17, 15) is 19.7 Å². The van der Waals surface area contributed by atoms with E-state index in [-0.39, 0.29) is 24.0 Å². The molecule has 1 aromatic heterocycles. The normalized spacial score (nSPS) is 19.4. The Hall–Kier alpha value is -4.46. The van der Waals surface area contributed by atoms with Crippen LogP contribution in [0.15, 0.2) is 72.8 Å². The number of H-pyrrole nitrogens is 1. The summed E-state index contributed by atoms with van der Waals surface area (Å²) in [7, 11) is 0. The minimum absolute atomic E-state index is 0.0375. The lowest BCUT2D eigenvalue weighted by molar-refractivity contribution is -0.384. The smallest absolute Gasteiger partial charge is 0.269 e. The number of para-hydroxylation sites is 1. The number of amides is 2. The minimum Gasteiger partial charge on any atom is -0.356 e. The number of aromatic amines is 1. The Balaban J connectivity index is 1.46. The molecule has 1 saturated heterocycles. The van der Waals surface area contributed by atoms with Crippen LogP contribution >= 0.6 is 0 Å². The number of benzene rings is 3. The van der Waals surface area contributed by atoms with Gasteiger partial charge in [0.25, 0.3) is 5.69 Å². The van der Waals surface area contributed by atoms with E-state index in [1.54, 1.807) is 21.9 Å². The number of aryl methyl sites for hydroxylation is 1. The molecule has 1 fully saturated rings. The molecule has 0 aliphatic carbocycles. The topological polar surface area (TPSA) is 99.5 Å². The molecule has 0 radical (unpaired) electrons. The molecule has 0 unspecified atom stereocenters. The zero-order valence-corrected chi connectivity index (χ0v) is 19.7. The lowest BCUT2D eigenvalue weighted by Crippen LogP contribution is -2.62. The lowest BCUT2D eigenvalue weighted by Gasteiger charge is -2.47. The van der Waals surface area contributed by atoms with Crippen LogP contribution in [0.2, 0.25) is 0 Å². The van der Waals surface area contributed by atoms with Crippen LogP contribution in [0.3, 0.4) is 0 Å². The zero-order valence-electron chi connectivity index (χ0n) is 19.7. The maximum atomic E-state index is 13.8. The summed E-state index contributed by atoms with van der Waals surface area (Å²) in [6.45, 7) is 2.33. The van der Waals surface area contributed by atoms with Crippen LogP contribution in [-0.4, -0.2) is 44.1 Å². The fourth-order valence-electron chi connectivity index (χ4n) is 5.53. The fourth-order valence-corrected chi connectivity index (χ4v) is 5.53. The molecule has 180 valence electrons. The van der Waals surface area contributed by atoms with Gasteiger partial charge in [-0.15, -0.1) is 0 Å². The highest BCUT2D eigenvalue weighted by Crippen LogP contribution is 2.43. The second-order valence-corrected chi connectivity index (χ2v) is 9.52. The molecule has 8 nitrogen and oxygen atoms in total. The molecule has 2 aliphatic heterocycles. The molecule has 8 heteroatoms. The second-order valence-electron chi connectivity index (χ2n) is 9.52. The number of carbonyl (C=O) groups excluding carboxylic acids is 2. The summed E-state index contributed by atoms with van der Waals surface area (Å²) in [5.41, 5.74) is 5.34. The second kappa shape index (κ2) is 8.34. The molecule has 3 aromatic carbocycles. The van der Waals surface area contributed by atoms with Gasteiger partial charge in [0.15, 0.2) is 0 Å². The summed E-state index contributed by atoms with van der Waals surface area (Å²) in [5.74, 6) is -0.283. The summed E-state index contributed by atoms with van der Waals surface area (Å²) in [5, 5.41) is 12.5. The molecule has 2 aliphatic rings. The number of nitro groups is 1. The summed E-state index contributed by atoms with van der Waals surface area (Å²) in [6.07, 6.45) is 0.389. The molecule has 2 atom stereocenters. The Morgan fingerprint density at radius 2 is 1.81 bits per heavy atom. The van der Waals surface area contributed by atoms with Crippen molar-refractivity contribution in [3.63, 3.8) is 0 Å². The first-order valence-corrected chi connectivity index (χ1v) is 11.9. The highest BCUT2D eigenvalue weighted by atomic mass is 16.6. The third-order valence-electron chi connectivity index (χ3n) is 7.23. The minimum atomic E-state index is -0.687. The summed E-state index contributed by atoms with van der Waals surface area (Å²) in [6, 6.07) is 20.8. The molecule has 36 heavy (non-hydrogen) atoms. The molecule has 3 heterocycles. The monoisotopic (exact) mass is 480 g/mol. The van der Waals surface area contributed by atoms with Gasteiger partial charge in [-0.2, -0.15) is 0 Å². The summed E-state index contributed by atoms with van der Waals surface area (Å²) < 4.78 is 0. The van der Waals surface area contributed by atoms with Crippen molar-refractivity contribution in [1.82, 2.24) is 14.8 Å². The average Bonchev–Trinajstić information content (AvgIpc) is 3.25. The molecule has 4 aromatic rings. The van der Waals surface area contributed by atoms with E-state index in [0.29, 0.717) is 18.5 Å². The highest BCUT2D eigenvalue weighted by Gasteiger charge is 2.48. The van der Waals surface area contributed by atoms with Crippen molar-refractivity contribution in [3.05, 3.63) is 111 Å². The van der Waals surface area contributed by atoms with Gasteiger partial charge in [0.05, 0.1) is 11.0 Å². The number of hydrogen-bond acceptors (Lipinski definition) is 4. The number of hydrogen-bond donors (Lipinski definition) is 1. The number of rotatable bonds is 4. The van der Waals surface area contributed by atoms with Crippen molar-refractivity contribution in [1.29, 1.82) is 0 Å². The van der Waals surface area contributed by atoms with Gasteiger partial charge in [-0.3, -0.25) is 19.7 Å². The van der Waals surface area contributed by atoms with E-state index in [0.717, 1.165) is 33.3 Å². The molecule has 6 rings (SSSR count). The standard InChI is InChI=1S/C28H24N4O4/c1-17-9-11-18(12-10-17)15-30-16-25(33)31-24(28(30)34)14-22-21-7-2-3-8-23(21)29-26(22)27(31)19-5-4-6-20(13-19)32(35)36/h2-13,24,27,29H,14-16H2,1H3/t24-,27-/m0/s1. The van der Waals surface area contributed by atoms with Crippen LogP contribution in [0.4, 0.5) is 5.69 Å². The van der Waals surface area contributed by atoms with Crippen molar-refractivity contribution in [2.45, 2.75) is 32.0 Å². The lowest BCUT2D eigenvalue weighted by atomic mass is 9.86. The van der Waals surface area contributed by atoms with Gasteiger partial charge in [0.2, 0.25) is 11.8 Å².